The predicted octanol–water partition coefficient (Wildman–Crippen LogP) is 1.72. The van der Waals surface area contributed by atoms with Crippen LogP contribution in [0.4, 0.5) is 5.69 Å². The second-order valence-electron chi connectivity index (χ2n) is 3.37. The number of hydrogen-bond donors (Lipinski definition) is 1. The molecular weight excluding hydrogens is 208 g/mol. The zero-order valence-corrected chi connectivity index (χ0v) is 9.11. The number of aryl methyl sites for hydroxylation is 1. The van der Waals surface area contributed by atoms with Crippen LogP contribution in [0.3, 0.4) is 0 Å². The van der Waals surface area contributed by atoms with E-state index in [-0.39, 0.29) is 12.5 Å². The van der Waals surface area contributed by atoms with E-state index in [1.807, 2.05) is 0 Å². The van der Waals surface area contributed by atoms with E-state index in [2.05, 4.69) is 10.3 Å². The minimum Gasteiger partial charge on any atom is -0.441 e. The summed E-state index contributed by atoms with van der Waals surface area (Å²) in [7, 11) is 1.47. The lowest BCUT2D eigenvalue weighted by Crippen LogP contribution is -2.17. The minimum absolute atomic E-state index is 0.0211. The highest BCUT2D eigenvalue weighted by atomic mass is 16.5. The van der Waals surface area contributed by atoms with Crippen molar-refractivity contribution in [2.75, 3.05) is 19.0 Å². The van der Waals surface area contributed by atoms with E-state index in [1.54, 1.807) is 25.1 Å². The zero-order chi connectivity index (χ0) is 11.5. The number of para-hydroxylation sites is 1. The molecule has 0 spiro atoms. The molecule has 1 amide bonds. The highest BCUT2D eigenvalue weighted by Crippen LogP contribution is 2.23. The number of ether oxygens (including phenoxy) is 1. The van der Waals surface area contributed by atoms with Crippen LogP contribution in [0.15, 0.2) is 22.6 Å². The van der Waals surface area contributed by atoms with Gasteiger partial charge in [0.15, 0.2) is 11.5 Å². The van der Waals surface area contributed by atoms with Gasteiger partial charge in [-0.15, -0.1) is 0 Å². The molecule has 0 saturated carbocycles. The maximum atomic E-state index is 11.4. The number of amides is 1. The fourth-order valence-electron chi connectivity index (χ4n) is 1.48. The zero-order valence-electron chi connectivity index (χ0n) is 9.11. The molecular formula is C11H12N2O3. The predicted molar refractivity (Wildman–Crippen MR) is 59.3 cm³/mol. The lowest BCUT2D eigenvalue weighted by molar-refractivity contribution is -0.119. The number of oxazole rings is 1. The van der Waals surface area contributed by atoms with E-state index >= 15 is 0 Å². The Bertz CT molecular complexity index is 519. The lowest BCUT2D eigenvalue weighted by Gasteiger charge is -2.03. The number of carbonyl (C=O) groups is 1. The van der Waals surface area contributed by atoms with Gasteiger partial charge in [0.25, 0.3) is 0 Å². The van der Waals surface area contributed by atoms with Crippen LogP contribution in [0.1, 0.15) is 5.89 Å². The number of anilines is 1. The molecule has 0 aliphatic rings. The van der Waals surface area contributed by atoms with E-state index in [9.17, 15) is 4.79 Å². The molecule has 0 aliphatic carbocycles. The lowest BCUT2D eigenvalue weighted by atomic mass is 10.3. The van der Waals surface area contributed by atoms with Crippen molar-refractivity contribution in [2.45, 2.75) is 6.92 Å². The first kappa shape index (κ1) is 10.6. The first-order chi connectivity index (χ1) is 7.70. The quantitative estimate of drug-likeness (QED) is 0.855. The number of methoxy groups -OCH3 is 1. The first-order valence-corrected chi connectivity index (χ1v) is 4.85. The highest BCUT2D eigenvalue weighted by Gasteiger charge is 2.09. The van der Waals surface area contributed by atoms with Crippen LogP contribution >= 0.6 is 0 Å². The Kier molecular flexibility index (Phi) is 2.87. The van der Waals surface area contributed by atoms with Crippen molar-refractivity contribution in [3.8, 4) is 0 Å². The smallest absolute Gasteiger partial charge is 0.250 e. The summed E-state index contributed by atoms with van der Waals surface area (Å²) >= 11 is 0. The van der Waals surface area contributed by atoms with Gasteiger partial charge in [0, 0.05) is 14.0 Å². The molecule has 0 aliphatic heterocycles. The number of carbonyl (C=O) groups excluding carboxylic acids is 1. The van der Waals surface area contributed by atoms with E-state index in [0.29, 0.717) is 22.7 Å². The summed E-state index contributed by atoms with van der Waals surface area (Å²) in [6.07, 6.45) is 0. The molecule has 0 saturated heterocycles. The van der Waals surface area contributed by atoms with Crippen molar-refractivity contribution < 1.29 is 13.9 Å². The molecule has 0 radical (unpaired) electrons. The van der Waals surface area contributed by atoms with Crippen molar-refractivity contribution in [1.29, 1.82) is 0 Å². The van der Waals surface area contributed by atoms with Crippen LogP contribution in [-0.4, -0.2) is 24.6 Å². The Balaban J connectivity index is 2.33. The maximum absolute atomic E-state index is 11.4. The van der Waals surface area contributed by atoms with Gasteiger partial charge < -0.3 is 14.5 Å². The number of hydrogen-bond acceptors (Lipinski definition) is 4. The molecule has 0 atom stereocenters. The Morgan fingerprint density at radius 1 is 1.56 bits per heavy atom. The summed E-state index contributed by atoms with van der Waals surface area (Å²) in [6, 6.07) is 5.38. The Morgan fingerprint density at radius 3 is 3.12 bits per heavy atom. The third kappa shape index (κ3) is 2.04. The van der Waals surface area contributed by atoms with Crippen LogP contribution in [0.25, 0.3) is 11.1 Å². The molecule has 1 aromatic carbocycles. The van der Waals surface area contributed by atoms with Gasteiger partial charge in [0.1, 0.15) is 12.1 Å². The van der Waals surface area contributed by atoms with Crippen LogP contribution in [0, 0.1) is 6.92 Å². The Morgan fingerprint density at radius 2 is 2.38 bits per heavy atom. The van der Waals surface area contributed by atoms with Gasteiger partial charge in [-0.3, -0.25) is 4.79 Å². The molecule has 0 bridgehead atoms. The molecule has 2 rings (SSSR count). The topological polar surface area (TPSA) is 64.4 Å². The second-order valence-corrected chi connectivity index (χ2v) is 3.37. The standard InChI is InChI=1S/C11H12N2O3/c1-7-12-11-8(13-10(14)6-15-2)4-3-5-9(11)16-7/h3-5H,6H2,1-2H3,(H,13,14). The van der Waals surface area contributed by atoms with Crippen molar-refractivity contribution in [2.24, 2.45) is 0 Å². The number of rotatable bonds is 3. The van der Waals surface area contributed by atoms with Gasteiger partial charge in [-0.1, -0.05) is 6.07 Å². The number of fused-ring (bicyclic) bond motifs is 1. The molecule has 1 heterocycles. The molecule has 84 valence electrons. The van der Waals surface area contributed by atoms with Crippen LogP contribution in [0.2, 0.25) is 0 Å². The average molecular weight is 220 g/mol. The van der Waals surface area contributed by atoms with E-state index in [1.165, 1.54) is 7.11 Å². The van der Waals surface area contributed by atoms with Crippen molar-refractivity contribution in [3.05, 3.63) is 24.1 Å². The number of aromatic nitrogens is 1. The van der Waals surface area contributed by atoms with Gasteiger partial charge in [-0.2, -0.15) is 0 Å². The SMILES string of the molecule is COCC(=O)Nc1cccc2oc(C)nc12. The fourth-order valence-corrected chi connectivity index (χ4v) is 1.48. The maximum Gasteiger partial charge on any atom is 0.250 e. The van der Waals surface area contributed by atoms with Gasteiger partial charge >= 0.3 is 0 Å². The van der Waals surface area contributed by atoms with E-state index in [4.69, 9.17) is 9.15 Å². The molecule has 1 N–H and O–H groups in total. The first-order valence-electron chi connectivity index (χ1n) is 4.85. The molecule has 2 aromatic rings. The van der Waals surface area contributed by atoms with Crippen molar-refractivity contribution in [1.82, 2.24) is 4.98 Å². The fraction of sp³-hybridized carbons (Fsp3) is 0.273. The van der Waals surface area contributed by atoms with Crippen LogP contribution in [-0.2, 0) is 9.53 Å². The van der Waals surface area contributed by atoms with Crippen LogP contribution in [0.5, 0.6) is 0 Å². The monoisotopic (exact) mass is 220 g/mol. The van der Waals surface area contributed by atoms with Crippen molar-refractivity contribution in [3.63, 3.8) is 0 Å². The normalized spacial score (nSPS) is 10.6. The molecule has 0 fully saturated rings. The third-order valence-corrected chi connectivity index (χ3v) is 2.08. The van der Waals surface area contributed by atoms with Gasteiger partial charge in [-0.05, 0) is 12.1 Å². The highest BCUT2D eigenvalue weighted by molar-refractivity contribution is 5.99. The molecule has 16 heavy (non-hydrogen) atoms. The van der Waals surface area contributed by atoms with Gasteiger partial charge in [0.05, 0.1) is 5.69 Å². The summed E-state index contributed by atoms with van der Waals surface area (Å²) in [4.78, 5) is 15.6. The second kappa shape index (κ2) is 4.32. The summed E-state index contributed by atoms with van der Waals surface area (Å²) < 4.78 is 10.1. The van der Waals surface area contributed by atoms with E-state index < -0.39 is 0 Å². The summed E-state index contributed by atoms with van der Waals surface area (Å²) in [5, 5.41) is 2.71. The van der Waals surface area contributed by atoms with E-state index in [0.717, 1.165) is 0 Å². The average Bonchev–Trinajstić information content (AvgIpc) is 2.60. The Labute approximate surface area is 92.4 Å². The summed E-state index contributed by atoms with van der Waals surface area (Å²) in [5.41, 5.74) is 1.95. The van der Waals surface area contributed by atoms with Crippen molar-refractivity contribution >= 4 is 22.7 Å². The number of nitrogens with one attached hydrogen (secondary N) is 1. The summed E-state index contributed by atoms with van der Waals surface area (Å²) in [5.74, 6) is 0.360. The van der Waals surface area contributed by atoms with Gasteiger partial charge in [0.2, 0.25) is 5.91 Å². The third-order valence-electron chi connectivity index (χ3n) is 2.08. The summed E-state index contributed by atoms with van der Waals surface area (Å²) in [6.45, 7) is 1.79. The molecule has 5 heteroatoms. The molecule has 0 unspecified atom stereocenters. The number of nitrogens with zero attached hydrogens (tertiary/aromatic N) is 1. The largest absolute Gasteiger partial charge is 0.441 e. The molecule has 1 aromatic heterocycles. The number of benzene rings is 1. The van der Waals surface area contributed by atoms with Gasteiger partial charge in [-0.25, -0.2) is 4.98 Å². The Hall–Kier alpha value is -1.88. The molecule has 5 nitrogen and oxygen atoms in total. The van der Waals surface area contributed by atoms with Crippen LogP contribution < -0.4 is 5.32 Å². The minimum atomic E-state index is -0.212.